The molecule has 5 nitrogen and oxygen atoms in total. The highest BCUT2D eigenvalue weighted by Crippen LogP contribution is 2.30. The van der Waals surface area contributed by atoms with E-state index in [1.807, 2.05) is 12.1 Å². The topological polar surface area (TPSA) is 70.6 Å². The van der Waals surface area contributed by atoms with Crippen molar-refractivity contribution < 1.29 is 22.8 Å². The number of hydrogen-bond donors (Lipinski definition) is 2. The molecule has 0 bridgehead atoms. The first-order valence-electron chi connectivity index (χ1n) is 9.27. The third-order valence-corrected chi connectivity index (χ3v) is 4.25. The Balaban J connectivity index is 1.93. The van der Waals surface area contributed by atoms with Crippen molar-refractivity contribution in [1.82, 2.24) is 5.43 Å². The highest BCUT2D eigenvalue weighted by Gasteiger charge is 2.30. The normalized spacial score (nSPS) is 12.4. The lowest BCUT2D eigenvalue weighted by molar-refractivity contribution is -0.137. The third kappa shape index (κ3) is 6.72. The van der Waals surface area contributed by atoms with Gasteiger partial charge < -0.3 is 5.32 Å². The van der Waals surface area contributed by atoms with Crippen molar-refractivity contribution in [2.75, 3.05) is 5.32 Å². The first-order valence-corrected chi connectivity index (χ1v) is 9.27. The molecule has 0 fully saturated rings. The zero-order valence-corrected chi connectivity index (χ0v) is 17.2. The van der Waals surface area contributed by atoms with Crippen LogP contribution in [0, 0.1) is 0 Å². The van der Waals surface area contributed by atoms with Gasteiger partial charge in [0.1, 0.15) is 0 Å². The minimum absolute atomic E-state index is 0.0310. The summed E-state index contributed by atoms with van der Waals surface area (Å²) >= 11 is 0. The number of alkyl halides is 3. The van der Waals surface area contributed by atoms with Gasteiger partial charge in [0.15, 0.2) is 0 Å². The Morgan fingerprint density at radius 2 is 1.60 bits per heavy atom. The van der Waals surface area contributed by atoms with Crippen LogP contribution in [0.1, 0.15) is 55.6 Å². The fraction of sp³-hybridized carbons (Fsp3) is 0.318. The molecular weight excluding hydrogens is 395 g/mol. The molecule has 2 rings (SSSR count). The maximum atomic E-state index is 12.7. The maximum absolute atomic E-state index is 12.7. The van der Waals surface area contributed by atoms with Gasteiger partial charge in [-0.25, -0.2) is 5.43 Å². The Hall–Kier alpha value is -3.16. The van der Waals surface area contributed by atoms with E-state index in [1.165, 1.54) is 19.1 Å². The summed E-state index contributed by atoms with van der Waals surface area (Å²) in [5, 5.41) is 6.28. The van der Waals surface area contributed by atoms with Gasteiger partial charge in [-0.05, 0) is 48.2 Å². The molecule has 0 spiro atoms. The van der Waals surface area contributed by atoms with Crippen molar-refractivity contribution in [3.05, 3.63) is 65.2 Å². The number of rotatable bonds is 5. The number of carbonyl (C=O) groups excluding carboxylic acids is 2. The maximum Gasteiger partial charge on any atom is 0.416 e. The average molecular weight is 419 g/mol. The minimum Gasteiger partial charge on any atom is -0.326 e. The molecule has 160 valence electrons. The van der Waals surface area contributed by atoms with Crippen molar-refractivity contribution in [2.45, 2.75) is 45.7 Å². The summed E-state index contributed by atoms with van der Waals surface area (Å²) < 4.78 is 38.2. The van der Waals surface area contributed by atoms with Crippen molar-refractivity contribution >= 4 is 23.2 Å². The molecule has 0 radical (unpaired) electrons. The van der Waals surface area contributed by atoms with Crippen LogP contribution in [0.25, 0.3) is 0 Å². The number of halogens is 3. The minimum atomic E-state index is -4.49. The molecule has 0 unspecified atom stereocenters. The summed E-state index contributed by atoms with van der Waals surface area (Å²) in [5.74, 6) is -0.965. The van der Waals surface area contributed by atoms with E-state index in [0.717, 1.165) is 17.7 Å². The van der Waals surface area contributed by atoms with E-state index < -0.39 is 23.6 Å². The van der Waals surface area contributed by atoms with E-state index in [0.29, 0.717) is 11.3 Å². The van der Waals surface area contributed by atoms with Gasteiger partial charge in [-0.2, -0.15) is 18.3 Å². The Bertz CT molecular complexity index is 943. The molecule has 0 aliphatic heterocycles. The van der Waals surface area contributed by atoms with E-state index in [2.05, 4.69) is 36.6 Å². The number of anilines is 1. The van der Waals surface area contributed by atoms with Crippen molar-refractivity contribution in [1.29, 1.82) is 0 Å². The lowest BCUT2D eigenvalue weighted by atomic mass is 9.87. The Morgan fingerprint density at radius 3 is 2.17 bits per heavy atom. The summed E-state index contributed by atoms with van der Waals surface area (Å²) in [4.78, 5) is 24.2. The lowest BCUT2D eigenvalue weighted by Crippen LogP contribution is -2.22. The molecule has 0 aromatic heterocycles. The van der Waals surface area contributed by atoms with Gasteiger partial charge in [-0.3, -0.25) is 9.59 Å². The Kier molecular flexibility index (Phi) is 7.02. The van der Waals surface area contributed by atoms with Crippen molar-refractivity contribution in [2.24, 2.45) is 5.10 Å². The molecule has 0 atom stereocenters. The molecular formula is C22H24F3N3O2. The number of nitrogens with one attached hydrogen (secondary N) is 2. The van der Waals surface area contributed by atoms with Gasteiger partial charge >= 0.3 is 6.18 Å². The molecule has 0 saturated heterocycles. The van der Waals surface area contributed by atoms with Gasteiger partial charge in [-0.15, -0.1) is 0 Å². The Morgan fingerprint density at radius 1 is 0.967 bits per heavy atom. The Labute approximate surface area is 173 Å². The first-order chi connectivity index (χ1) is 13.9. The molecule has 2 amide bonds. The highest BCUT2D eigenvalue weighted by molar-refractivity contribution is 6.06. The van der Waals surface area contributed by atoms with Gasteiger partial charge in [-0.1, -0.05) is 39.0 Å². The molecule has 0 aliphatic rings. The predicted molar refractivity (Wildman–Crippen MR) is 110 cm³/mol. The monoisotopic (exact) mass is 419 g/mol. The number of nitrogens with zero attached hydrogens (tertiary/aromatic N) is 1. The molecule has 0 heterocycles. The SMILES string of the molecule is C/C(CC(=O)Nc1cccc(C(F)(F)F)c1)=N/NC(=O)c1ccc(C(C)(C)C)cc1. The van der Waals surface area contributed by atoms with Gasteiger partial charge in [0.25, 0.3) is 5.91 Å². The number of hydrogen-bond acceptors (Lipinski definition) is 3. The van der Waals surface area contributed by atoms with E-state index in [9.17, 15) is 22.8 Å². The molecule has 30 heavy (non-hydrogen) atoms. The van der Waals surface area contributed by atoms with Crippen LogP contribution in [0.2, 0.25) is 0 Å². The smallest absolute Gasteiger partial charge is 0.326 e. The molecule has 0 aliphatic carbocycles. The first kappa shape index (κ1) is 23.1. The summed E-state index contributed by atoms with van der Waals surface area (Å²) in [5.41, 5.74) is 3.34. The second-order valence-electron chi connectivity index (χ2n) is 7.92. The lowest BCUT2D eigenvalue weighted by Gasteiger charge is -2.18. The van der Waals surface area contributed by atoms with Gasteiger partial charge in [0, 0.05) is 17.0 Å². The summed E-state index contributed by atoms with van der Waals surface area (Å²) in [6.45, 7) is 7.75. The average Bonchev–Trinajstić information content (AvgIpc) is 2.65. The second kappa shape index (κ2) is 9.11. The van der Waals surface area contributed by atoms with E-state index >= 15 is 0 Å². The summed E-state index contributed by atoms with van der Waals surface area (Å²) in [6.07, 6.45) is -4.67. The number of carbonyl (C=O) groups is 2. The number of benzene rings is 2. The molecule has 8 heteroatoms. The van der Waals surface area contributed by atoms with Crippen LogP contribution >= 0.6 is 0 Å². The molecule has 2 N–H and O–H groups in total. The number of hydrazone groups is 1. The standard InChI is InChI=1S/C22H24F3N3O2/c1-14(12-19(29)26-18-7-5-6-17(13-18)22(23,24)25)27-28-20(30)15-8-10-16(11-9-15)21(2,3)4/h5-11,13H,12H2,1-4H3,(H,26,29)(H,28,30)/b27-14-. The predicted octanol–water partition coefficient (Wildman–Crippen LogP) is 5.14. The van der Waals surface area contributed by atoms with Crippen LogP contribution in [0.5, 0.6) is 0 Å². The third-order valence-electron chi connectivity index (χ3n) is 4.25. The van der Waals surface area contributed by atoms with E-state index in [-0.39, 0.29) is 17.5 Å². The van der Waals surface area contributed by atoms with E-state index in [4.69, 9.17) is 0 Å². The largest absolute Gasteiger partial charge is 0.416 e. The van der Waals surface area contributed by atoms with Crippen molar-refractivity contribution in [3.63, 3.8) is 0 Å². The molecule has 2 aromatic carbocycles. The highest BCUT2D eigenvalue weighted by atomic mass is 19.4. The second-order valence-corrected chi connectivity index (χ2v) is 7.92. The fourth-order valence-electron chi connectivity index (χ4n) is 2.58. The van der Waals surface area contributed by atoms with Crippen LogP contribution in [-0.2, 0) is 16.4 Å². The van der Waals surface area contributed by atoms with E-state index in [1.54, 1.807) is 12.1 Å². The quantitative estimate of drug-likeness (QED) is 0.521. The van der Waals surface area contributed by atoms with Crippen LogP contribution in [0.15, 0.2) is 53.6 Å². The fourth-order valence-corrected chi connectivity index (χ4v) is 2.58. The molecule has 2 aromatic rings. The van der Waals surface area contributed by atoms with Crippen LogP contribution < -0.4 is 10.7 Å². The number of amides is 2. The van der Waals surface area contributed by atoms with Crippen molar-refractivity contribution in [3.8, 4) is 0 Å². The zero-order valence-electron chi connectivity index (χ0n) is 17.2. The summed E-state index contributed by atoms with van der Waals surface area (Å²) in [6, 6.07) is 11.5. The van der Waals surface area contributed by atoms with Crippen LogP contribution in [0.3, 0.4) is 0 Å². The zero-order chi connectivity index (χ0) is 22.5. The van der Waals surface area contributed by atoms with Gasteiger partial charge in [0.05, 0.1) is 12.0 Å². The molecule has 0 saturated carbocycles. The van der Waals surface area contributed by atoms with Crippen LogP contribution in [0.4, 0.5) is 18.9 Å². The van der Waals surface area contributed by atoms with Gasteiger partial charge in [0.2, 0.25) is 5.91 Å². The van der Waals surface area contributed by atoms with Crippen LogP contribution in [-0.4, -0.2) is 17.5 Å². The summed E-state index contributed by atoms with van der Waals surface area (Å²) in [7, 11) is 0.